The van der Waals surface area contributed by atoms with Crippen molar-refractivity contribution in [3.8, 4) is 5.75 Å². The molecule has 0 spiro atoms. The van der Waals surface area contributed by atoms with E-state index in [1.54, 1.807) is 11.3 Å². The van der Waals surface area contributed by atoms with Crippen molar-refractivity contribution in [3.63, 3.8) is 0 Å². The number of nitrogens with zero attached hydrogens (tertiary/aromatic N) is 1. The number of hydrogen-bond acceptors (Lipinski definition) is 4. The van der Waals surface area contributed by atoms with E-state index in [0.29, 0.717) is 18.7 Å². The highest BCUT2D eigenvalue weighted by molar-refractivity contribution is 7.11. The van der Waals surface area contributed by atoms with Crippen LogP contribution in [-0.4, -0.2) is 10.8 Å². The maximum Gasteiger partial charge on any atom is 0.182 e. The van der Waals surface area contributed by atoms with E-state index in [1.165, 1.54) is 0 Å². The molecule has 0 saturated heterocycles. The third-order valence-corrected chi connectivity index (χ3v) is 4.01. The molecule has 1 aromatic carbocycles. The molecule has 3 rings (SSSR count). The van der Waals surface area contributed by atoms with Crippen molar-refractivity contribution in [2.24, 2.45) is 0 Å². The largest absolute Gasteiger partial charge is 0.486 e. The number of fused-ring (bicyclic) bond motifs is 1. The number of hydrogen-bond donors (Lipinski definition) is 0. The first kappa shape index (κ1) is 11.4. The monoisotopic (exact) mass is 259 g/mol. The number of para-hydroxylation sites is 1. The van der Waals surface area contributed by atoms with Crippen molar-refractivity contribution < 1.29 is 9.53 Å². The summed E-state index contributed by atoms with van der Waals surface area (Å²) < 4.78 is 5.64. The van der Waals surface area contributed by atoms with Gasteiger partial charge in [-0.2, -0.15) is 0 Å². The predicted molar refractivity (Wildman–Crippen MR) is 70.2 cm³/mol. The Kier molecular flexibility index (Phi) is 3.11. The number of aryl methyl sites for hydroxylation is 1. The Labute approximate surface area is 109 Å². The zero-order valence-electron chi connectivity index (χ0n) is 9.89. The van der Waals surface area contributed by atoms with Gasteiger partial charge < -0.3 is 4.74 Å². The molecule has 0 amide bonds. The van der Waals surface area contributed by atoms with E-state index in [0.717, 1.165) is 28.5 Å². The highest BCUT2D eigenvalue weighted by Gasteiger charge is 2.22. The summed E-state index contributed by atoms with van der Waals surface area (Å²) in [4.78, 5) is 17.2. The van der Waals surface area contributed by atoms with Crippen LogP contribution < -0.4 is 4.74 Å². The molecule has 0 bridgehead atoms. The normalized spacial score (nSPS) is 14.3. The number of carbonyl (C=O) groups excluding carboxylic acids is 1. The van der Waals surface area contributed by atoms with E-state index in [1.807, 2.05) is 30.3 Å². The van der Waals surface area contributed by atoms with E-state index in [2.05, 4.69) is 4.98 Å². The van der Waals surface area contributed by atoms with Crippen LogP contribution in [0.4, 0.5) is 0 Å². The van der Waals surface area contributed by atoms with Gasteiger partial charge in [-0.1, -0.05) is 18.2 Å². The summed E-state index contributed by atoms with van der Waals surface area (Å²) in [5, 5.41) is 0.888. The summed E-state index contributed by atoms with van der Waals surface area (Å²) in [5.41, 5.74) is 0.679. The van der Waals surface area contributed by atoms with E-state index >= 15 is 0 Å². The Morgan fingerprint density at radius 1 is 1.22 bits per heavy atom. The van der Waals surface area contributed by atoms with E-state index in [-0.39, 0.29) is 5.78 Å². The molecular weight excluding hydrogens is 246 g/mol. The van der Waals surface area contributed by atoms with Gasteiger partial charge in [-0.3, -0.25) is 4.79 Å². The van der Waals surface area contributed by atoms with Crippen molar-refractivity contribution in [3.05, 3.63) is 45.9 Å². The van der Waals surface area contributed by atoms with Crippen LogP contribution in [0.25, 0.3) is 0 Å². The van der Waals surface area contributed by atoms with Crippen LogP contribution in [0.3, 0.4) is 0 Å². The average molecular weight is 259 g/mol. The Balaban J connectivity index is 1.72. The SMILES string of the molecule is O=C1CCCc2sc(COc3ccccc3)nc21. The summed E-state index contributed by atoms with van der Waals surface area (Å²) in [5.74, 6) is 1.01. The molecule has 4 heteroatoms. The lowest BCUT2D eigenvalue weighted by molar-refractivity contribution is 0.0968. The maximum absolute atomic E-state index is 11.7. The summed E-state index contributed by atoms with van der Waals surface area (Å²) in [6.45, 7) is 0.439. The molecule has 0 N–H and O–H groups in total. The molecule has 1 aromatic heterocycles. The number of thiazole rings is 1. The van der Waals surface area contributed by atoms with Crippen LogP contribution >= 0.6 is 11.3 Å². The molecular formula is C14H13NO2S. The van der Waals surface area contributed by atoms with Crippen LogP contribution in [0, 0.1) is 0 Å². The van der Waals surface area contributed by atoms with Crippen molar-refractivity contribution in [2.75, 3.05) is 0 Å². The summed E-state index contributed by atoms with van der Waals surface area (Å²) in [6.07, 6.45) is 2.56. The fraction of sp³-hybridized carbons (Fsp3) is 0.286. The Bertz CT molecular complexity index is 562. The second kappa shape index (κ2) is 4.90. The van der Waals surface area contributed by atoms with Crippen LogP contribution in [-0.2, 0) is 13.0 Å². The van der Waals surface area contributed by atoms with Crippen LogP contribution in [0.1, 0.15) is 33.2 Å². The lowest BCUT2D eigenvalue weighted by atomic mass is 10.0. The molecule has 1 aliphatic carbocycles. The molecule has 92 valence electrons. The van der Waals surface area contributed by atoms with E-state index in [4.69, 9.17) is 4.74 Å². The highest BCUT2D eigenvalue weighted by atomic mass is 32.1. The number of ketones is 1. The third kappa shape index (κ3) is 2.29. The second-order valence-electron chi connectivity index (χ2n) is 4.26. The van der Waals surface area contributed by atoms with E-state index < -0.39 is 0 Å². The number of ether oxygens (including phenoxy) is 1. The minimum atomic E-state index is 0.179. The fourth-order valence-corrected chi connectivity index (χ4v) is 3.08. The summed E-state index contributed by atoms with van der Waals surface area (Å²) in [7, 11) is 0. The van der Waals surface area contributed by atoms with Gasteiger partial charge in [-0.15, -0.1) is 11.3 Å². The molecule has 18 heavy (non-hydrogen) atoms. The Hall–Kier alpha value is -1.68. The van der Waals surface area contributed by atoms with Gasteiger partial charge in [0.25, 0.3) is 0 Å². The van der Waals surface area contributed by atoms with Crippen LogP contribution in [0.5, 0.6) is 5.75 Å². The first-order valence-corrected chi connectivity index (χ1v) is 6.84. The smallest absolute Gasteiger partial charge is 0.182 e. The number of benzene rings is 1. The number of rotatable bonds is 3. The molecule has 0 fully saturated rings. The Morgan fingerprint density at radius 3 is 2.83 bits per heavy atom. The molecule has 1 heterocycles. The van der Waals surface area contributed by atoms with Crippen molar-refractivity contribution in [1.29, 1.82) is 0 Å². The van der Waals surface area contributed by atoms with Gasteiger partial charge in [0.1, 0.15) is 23.1 Å². The van der Waals surface area contributed by atoms with Crippen molar-refractivity contribution in [2.45, 2.75) is 25.9 Å². The fourth-order valence-electron chi connectivity index (χ4n) is 2.04. The number of aromatic nitrogens is 1. The molecule has 0 radical (unpaired) electrons. The topological polar surface area (TPSA) is 39.2 Å². The minimum absolute atomic E-state index is 0.179. The summed E-state index contributed by atoms with van der Waals surface area (Å²) in [6, 6.07) is 9.66. The summed E-state index contributed by atoms with van der Waals surface area (Å²) >= 11 is 1.60. The van der Waals surface area contributed by atoms with Crippen molar-refractivity contribution >= 4 is 17.1 Å². The minimum Gasteiger partial charge on any atom is -0.486 e. The predicted octanol–water partition coefficient (Wildman–Crippen LogP) is 3.24. The van der Waals surface area contributed by atoms with Crippen molar-refractivity contribution in [1.82, 2.24) is 4.98 Å². The molecule has 1 aliphatic rings. The molecule has 0 saturated carbocycles. The number of Topliss-reactive ketones (excluding diaryl/α,β-unsaturated/α-hetero) is 1. The Morgan fingerprint density at radius 2 is 2.06 bits per heavy atom. The van der Waals surface area contributed by atoms with Gasteiger partial charge >= 0.3 is 0 Å². The van der Waals surface area contributed by atoms with Gasteiger partial charge in [0.2, 0.25) is 0 Å². The van der Waals surface area contributed by atoms with E-state index in [9.17, 15) is 4.79 Å². The molecule has 0 atom stereocenters. The first-order valence-electron chi connectivity index (χ1n) is 6.02. The van der Waals surface area contributed by atoms with Gasteiger partial charge in [-0.05, 0) is 25.0 Å². The number of carbonyl (C=O) groups is 1. The lowest BCUT2D eigenvalue weighted by Gasteiger charge is -2.06. The quantitative estimate of drug-likeness (QED) is 0.849. The third-order valence-electron chi connectivity index (χ3n) is 2.92. The zero-order chi connectivity index (χ0) is 12.4. The van der Waals surface area contributed by atoms with Crippen LogP contribution in [0.15, 0.2) is 30.3 Å². The average Bonchev–Trinajstić information content (AvgIpc) is 2.82. The van der Waals surface area contributed by atoms with Gasteiger partial charge in [-0.25, -0.2) is 4.98 Å². The highest BCUT2D eigenvalue weighted by Crippen LogP contribution is 2.27. The second-order valence-corrected chi connectivity index (χ2v) is 5.43. The van der Waals surface area contributed by atoms with Gasteiger partial charge in [0.05, 0.1) is 0 Å². The molecule has 3 nitrogen and oxygen atoms in total. The van der Waals surface area contributed by atoms with Gasteiger partial charge in [0, 0.05) is 11.3 Å². The standard InChI is InChI=1S/C14H13NO2S/c16-11-7-4-8-12-14(11)15-13(18-12)9-17-10-5-2-1-3-6-10/h1-3,5-6H,4,7-9H2. The molecule has 0 aliphatic heterocycles. The maximum atomic E-state index is 11.7. The molecule has 0 unspecified atom stereocenters. The van der Waals surface area contributed by atoms with Crippen LogP contribution in [0.2, 0.25) is 0 Å². The zero-order valence-corrected chi connectivity index (χ0v) is 10.7. The lowest BCUT2D eigenvalue weighted by Crippen LogP contribution is -2.09. The first-order chi connectivity index (χ1) is 8.83. The molecule has 2 aromatic rings. The van der Waals surface area contributed by atoms with Gasteiger partial charge in [0.15, 0.2) is 5.78 Å².